The average Bonchev–Trinajstić information content (AvgIpc) is 2.16. The van der Waals surface area contributed by atoms with Gasteiger partial charge in [-0.05, 0) is 38.8 Å². The van der Waals surface area contributed by atoms with E-state index in [0.717, 1.165) is 5.56 Å². The van der Waals surface area contributed by atoms with Crippen molar-refractivity contribution in [2.24, 2.45) is 5.73 Å². The number of carbonyl (C=O) groups is 1. The summed E-state index contributed by atoms with van der Waals surface area (Å²) in [6.07, 6.45) is 3.64. The standard InChI is InChI=1S/C12H17N2O2/c1-12(2,3)16-11(15)10(13)7-9-5-4-6-14-8-9/h5-6,8,10H,7,13H2,1-3H3. The Kier molecular flexibility index (Phi) is 4.01. The van der Waals surface area contributed by atoms with Gasteiger partial charge in [-0.25, -0.2) is 0 Å². The Hall–Kier alpha value is -1.42. The molecular formula is C12H17N2O2. The minimum Gasteiger partial charge on any atom is -0.459 e. The maximum absolute atomic E-state index is 11.6. The first-order valence-corrected chi connectivity index (χ1v) is 5.17. The van der Waals surface area contributed by atoms with Gasteiger partial charge < -0.3 is 10.5 Å². The zero-order chi connectivity index (χ0) is 12.2. The number of nitrogens with zero attached hydrogens (tertiary/aromatic N) is 1. The van der Waals surface area contributed by atoms with Crippen molar-refractivity contribution in [2.45, 2.75) is 38.8 Å². The van der Waals surface area contributed by atoms with Gasteiger partial charge in [-0.15, -0.1) is 0 Å². The average molecular weight is 221 g/mol. The molecule has 1 aromatic heterocycles. The van der Waals surface area contributed by atoms with E-state index < -0.39 is 17.6 Å². The first-order chi connectivity index (χ1) is 7.38. The lowest BCUT2D eigenvalue weighted by molar-refractivity contribution is -0.156. The SMILES string of the molecule is CC(C)(C)OC(=O)C(N)Cc1c[c]cnc1. The Morgan fingerprint density at radius 2 is 2.31 bits per heavy atom. The van der Waals surface area contributed by atoms with Crippen LogP contribution in [0.5, 0.6) is 0 Å². The molecule has 1 aromatic rings. The summed E-state index contributed by atoms with van der Waals surface area (Å²) >= 11 is 0. The molecular weight excluding hydrogens is 204 g/mol. The van der Waals surface area contributed by atoms with E-state index in [1.165, 1.54) is 0 Å². The van der Waals surface area contributed by atoms with Crippen LogP contribution in [-0.2, 0) is 16.0 Å². The van der Waals surface area contributed by atoms with Crippen LogP contribution in [0.2, 0.25) is 0 Å². The molecule has 87 valence electrons. The molecule has 0 saturated carbocycles. The van der Waals surface area contributed by atoms with Crippen LogP contribution in [0.1, 0.15) is 26.3 Å². The third-order valence-corrected chi connectivity index (χ3v) is 1.82. The van der Waals surface area contributed by atoms with Crippen molar-refractivity contribution in [2.75, 3.05) is 0 Å². The number of esters is 1. The predicted octanol–water partition coefficient (Wildman–Crippen LogP) is 1.09. The molecule has 1 atom stereocenters. The molecule has 0 fully saturated rings. The fraction of sp³-hybridized carbons (Fsp3) is 0.500. The van der Waals surface area contributed by atoms with E-state index >= 15 is 0 Å². The maximum atomic E-state index is 11.6. The number of hydrogen-bond donors (Lipinski definition) is 1. The largest absolute Gasteiger partial charge is 0.459 e. The van der Waals surface area contributed by atoms with E-state index in [4.69, 9.17) is 10.5 Å². The highest BCUT2D eigenvalue weighted by molar-refractivity contribution is 5.76. The molecule has 1 heterocycles. The summed E-state index contributed by atoms with van der Waals surface area (Å²) in [5, 5.41) is 0. The van der Waals surface area contributed by atoms with Gasteiger partial charge in [-0.2, -0.15) is 0 Å². The molecule has 4 nitrogen and oxygen atoms in total. The number of aromatic nitrogens is 1. The van der Waals surface area contributed by atoms with E-state index in [0.29, 0.717) is 6.42 Å². The summed E-state index contributed by atoms with van der Waals surface area (Å²) in [6.45, 7) is 5.44. The Morgan fingerprint density at radius 3 is 2.81 bits per heavy atom. The molecule has 0 spiro atoms. The molecule has 0 aliphatic heterocycles. The Morgan fingerprint density at radius 1 is 1.62 bits per heavy atom. The van der Waals surface area contributed by atoms with Gasteiger partial charge >= 0.3 is 5.97 Å². The first-order valence-electron chi connectivity index (χ1n) is 5.17. The third kappa shape index (κ3) is 4.40. The minimum atomic E-state index is -0.656. The van der Waals surface area contributed by atoms with E-state index in [2.05, 4.69) is 11.1 Å². The molecule has 16 heavy (non-hydrogen) atoms. The van der Waals surface area contributed by atoms with Crippen molar-refractivity contribution in [3.8, 4) is 0 Å². The first kappa shape index (κ1) is 12.6. The quantitative estimate of drug-likeness (QED) is 0.776. The van der Waals surface area contributed by atoms with Gasteiger partial charge in [-0.1, -0.05) is 0 Å². The van der Waals surface area contributed by atoms with Crippen molar-refractivity contribution in [3.63, 3.8) is 0 Å². The van der Waals surface area contributed by atoms with Crippen LogP contribution >= 0.6 is 0 Å². The lowest BCUT2D eigenvalue weighted by Crippen LogP contribution is -2.38. The zero-order valence-electron chi connectivity index (χ0n) is 9.86. The van der Waals surface area contributed by atoms with Crippen LogP contribution in [0.15, 0.2) is 18.5 Å². The van der Waals surface area contributed by atoms with Crippen LogP contribution in [-0.4, -0.2) is 22.6 Å². The van der Waals surface area contributed by atoms with E-state index in [1.807, 2.05) is 20.8 Å². The van der Waals surface area contributed by atoms with Gasteiger partial charge in [0.1, 0.15) is 11.6 Å². The van der Waals surface area contributed by atoms with Gasteiger partial charge in [-0.3, -0.25) is 9.78 Å². The van der Waals surface area contributed by atoms with Gasteiger partial charge in [0.05, 0.1) is 0 Å². The molecule has 0 aliphatic rings. The number of pyridine rings is 1. The van der Waals surface area contributed by atoms with E-state index in [9.17, 15) is 4.79 Å². The fourth-order valence-electron chi connectivity index (χ4n) is 1.18. The van der Waals surface area contributed by atoms with Crippen LogP contribution in [0.3, 0.4) is 0 Å². The smallest absolute Gasteiger partial charge is 0.323 e. The Labute approximate surface area is 95.8 Å². The van der Waals surface area contributed by atoms with Crippen LogP contribution < -0.4 is 5.73 Å². The van der Waals surface area contributed by atoms with Crippen LogP contribution in [0.25, 0.3) is 0 Å². The number of nitrogens with two attached hydrogens (primary N) is 1. The number of carbonyl (C=O) groups excluding carboxylic acids is 1. The molecule has 1 unspecified atom stereocenters. The lowest BCUT2D eigenvalue weighted by Gasteiger charge is -2.22. The lowest BCUT2D eigenvalue weighted by atomic mass is 10.1. The maximum Gasteiger partial charge on any atom is 0.323 e. The third-order valence-electron chi connectivity index (χ3n) is 1.82. The highest BCUT2D eigenvalue weighted by atomic mass is 16.6. The molecule has 0 aromatic carbocycles. The second-order valence-corrected chi connectivity index (χ2v) is 4.64. The Balaban J connectivity index is 2.53. The predicted molar refractivity (Wildman–Crippen MR) is 60.6 cm³/mol. The normalized spacial score (nSPS) is 13.2. The van der Waals surface area contributed by atoms with Crippen molar-refractivity contribution in [1.29, 1.82) is 0 Å². The van der Waals surface area contributed by atoms with Crippen molar-refractivity contribution >= 4 is 5.97 Å². The molecule has 4 heteroatoms. The van der Waals surface area contributed by atoms with Crippen LogP contribution in [0.4, 0.5) is 0 Å². The zero-order valence-corrected chi connectivity index (χ0v) is 9.86. The van der Waals surface area contributed by atoms with Gasteiger partial charge in [0.25, 0.3) is 0 Å². The number of ether oxygens (including phenoxy) is 1. The Bertz CT molecular complexity index is 344. The summed E-state index contributed by atoms with van der Waals surface area (Å²) in [5.74, 6) is -0.392. The highest BCUT2D eigenvalue weighted by Gasteiger charge is 2.22. The molecule has 2 N–H and O–H groups in total. The minimum absolute atomic E-state index is 0.392. The summed E-state index contributed by atoms with van der Waals surface area (Å²) in [4.78, 5) is 15.5. The number of hydrogen-bond acceptors (Lipinski definition) is 4. The van der Waals surface area contributed by atoms with Gasteiger partial charge in [0.2, 0.25) is 0 Å². The summed E-state index contributed by atoms with van der Waals surface area (Å²) in [5.41, 5.74) is 6.11. The summed E-state index contributed by atoms with van der Waals surface area (Å²) in [7, 11) is 0. The molecule has 0 saturated heterocycles. The summed E-state index contributed by atoms with van der Waals surface area (Å²) < 4.78 is 5.18. The molecule has 0 amide bonds. The van der Waals surface area contributed by atoms with Crippen molar-refractivity contribution in [1.82, 2.24) is 4.98 Å². The molecule has 0 bridgehead atoms. The van der Waals surface area contributed by atoms with Crippen molar-refractivity contribution in [3.05, 3.63) is 30.1 Å². The van der Waals surface area contributed by atoms with Crippen molar-refractivity contribution < 1.29 is 9.53 Å². The highest BCUT2D eigenvalue weighted by Crippen LogP contribution is 2.09. The molecule has 1 rings (SSSR count). The van der Waals surface area contributed by atoms with E-state index in [-0.39, 0.29) is 0 Å². The summed E-state index contributed by atoms with van der Waals surface area (Å²) in [6, 6.07) is 3.94. The molecule has 0 aliphatic carbocycles. The van der Waals surface area contributed by atoms with Gasteiger partial charge in [0, 0.05) is 18.5 Å². The topological polar surface area (TPSA) is 65.2 Å². The van der Waals surface area contributed by atoms with E-state index in [1.54, 1.807) is 18.5 Å². The number of rotatable bonds is 3. The van der Waals surface area contributed by atoms with Gasteiger partial charge in [0.15, 0.2) is 0 Å². The fourth-order valence-corrected chi connectivity index (χ4v) is 1.18. The van der Waals surface area contributed by atoms with Crippen LogP contribution in [0, 0.1) is 6.07 Å². The molecule has 1 radical (unpaired) electrons. The second-order valence-electron chi connectivity index (χ2n) is 4.64. The second kappa shape index (κ2) is 5.07. The monoisotopic (exact) mass is 221 g/mol.